The van der Waals surface area contributed by atoms with Crippen molar-refractivity contribution in [3.05, 3.63) is 29.0 Å². The van der Waals surface area contributed by atoms with Gasteiger partial charge in [-0.05, 0) is 24.4 Å². The number of alkyl halides is 4. The summed E-state index contributed by atoms with van der Waals surface area (Å²) in [6, 6.07) is 6.51. The molecule has 0 spiro atoms. The largest absolute Gasteiger partial charge is 0.331 e. The van der Waals surface area contributed by atoms with E-state index >= 15 is 0 Å². The molecule has 0 amide bonds. The van der Waals surface area contributed by atoms with Crippen molar-refractivity contribution in [1.82, 2.24) is 9.55 Å². The highest BCUT2D eigenvalue weighted by Gasteiger charge is 2.41. The van der Waals surface area contributed by atoms with E-state index in [0.717, 1.165) is 4.57 Å². The van der Waals surface area contributed by atoms with Crippen molar-refractivity contribution in [2.24, 2.45) is 0 Å². The number of nitrogens with zero attached hydrogens (tertiary/aromatic N) is 1. The SMILES string of the molecule is FC(F)C(F)(F)Cn1c(=S)[nH]c2ccccc21. The number of H-pyrrole nitrogens is 1. The van der Waals surface area contributed by atoms with Gasteiger partial charge in [0, 0.05) is 0 Å². The summed E-state index contributed by atoms with van der Waals surface area (Å²) in [5, 5.41) is 0. The molecule has 0 aliphatic rings. The Morgan fingerprint density at radius 2 is 1.94 bits per heavy atom. The Morgan fingerprint density at radius 3 is 2.59 bits per heavy atom. The number of aromatic nitrogens is 2. The molecule has 92 valence electrons. The van der Waals surface area contributed by atoms with Crippen LogP contribution in [0.5, 0.6) is 0 Å². The molecule has 0 saturated heterocycles. The van der Waals surface area contributed by atoms with Crippen LogP contribution in [-0.2, 0) is 6.54 Å². The molecule has 7 heteroatoms. The third kappa shape index (κ3) is 2.19. The van der Waals surface area contributed by atoms with Crippen LogP contribution in [0.2, 0.25) is 0 Å². The molecular formula is C10H8F4N2S. The minimum atomic E-state index is -4.09. The third-order valence-electron chi connectivity index (χ3n) is 2.37. The van der Waals surface area contributed by atoms with E-state index in [9.17, 15) is 17.6 Å². The predicted molar refractivity (Wildman–Crippen MR) is 58.1 cm³/mol. The van der Waals surface area contributed by atoms with E-state index in [1.165, 1.54) is 0 Å². The highest BCUT2D eigenvalue weighted by Crippen LogP contribution is 2.27. The fraction of sp³-hybridized carbons (Fsp3) is 0.300. The number of benzene rings is 1. The molecule has 0 bridgehead atoms. The molecule has 1 heterocycles. The summed E-state index contributed by atoms with van der Waals surface area (Å²) in [5.41, 5.74) is 0.931. The monoisotopic (exact) mass is 264 g/mol. The number of hydrogen-bond acceptors (Lipinski definition) is 1. The van der Waals surface area contributed by atoms with Crippen molar-refractivity contribution in [1.29, 1.82) is 0 Å². The van der Waals surface area contributed by atoms with Crippen molar-refractivity contribution in [3.63, 3.8) is 0 Å². The number of para-hydroxylation sites is 2. The van der Waals surface area contributed by atoms with Crippen LogP contribution in [-0.4, -0.2) is 21.9 Å². The van der Waals surface area contributed by atoms with Gasteiger partial charge in [-0.1, -0.05) is 12.1 Å². The quantitative estimate of drug-likeness (QED) is 0.663. The summed E-state index contributed by atoms with van der Waals surface area (Å²) >= 11 is 4.84. The molecule has 0 fully saturated rings. The Hall–Kier alpha value is -1.37. The lowest BCUT2D eigenvalue weighted by Gasteiger charge is -2.16. The normalized spacial score (nSPS) is 12.5. The molecule has 0 unspecified atom stereocenters. The van der Waals surface area contributed by atoms with Gasteiger partial charge in [0.1, 0.15) is 0 Å². The van der Waals surface area contributed by atoms with Gasteiger partial charge in [-0.15, -0.1) is 0 Å². The minimum absolute atomic E-state index is 0.00604. The maximum Gasteiger partial charge on any atom is 0.324 e. The molecule has 0 aliphatic heterocycles. The van der Waals surface area contributed by atoms with Crippen LogP contribution in [0.25, 0.3) is 11.0 Å². The molecular weight excluding hydrogens is 256 g/mol. The molecule has 1 aromatic carbocycles. The van der Waals surface area contributed by atoms with Gasteiger partial charge in [-0.25, -0.2) is 8.78 Å². The molecule has 1 aromatic heterocycles. The number of aromatic amines is 1. The summed E-state index contributed by atoms with van der Waals surface area (Å²) in [7, 11) is 0. The summed E-state index contributed by atoms with van der Waals surface area (Å²) in [5.74, 6) is -4.09. The van der Waals surface area contributed by atoms with Crippen LogP contribution in [0.15, 0.2) is 24.3 Å². The fourth-order valence-electron chi connectivity index (χ4n) is 1.54. The van der Waals surface area contributed by atoms with Crippen LogP contribution < -0.4 is 0 Å². The number of fused-ring (bicyclic) bond motifs is 1. The summed E-state index contributed by atoms with van der Waals surface area (Å²) in [6.45, 7) is -1.13. The van der Waals surface area contributed by atoms with E-state index < -0.39 is 18.9 Å². The third-order valence-corrected chi connectivity index (χ3v) is 2.69. The molecule has 0 atom stereocenters. The lowest BCUT2D eigenvalue weighted by atomic mass is 10.3. The van der Waals surface area contributed by atoms with Crippen LogP contribution in [0.4, 0.5) is 17.6 Å². The molecule has 1 N–H and O–H groups in total. The average molecular weight is 264 g/mol. The first-order chi connectivity index (χ1) is 7.92. The molecule has 0 saturated carbocycles. The number of imidazole rings is 1. The molecule has 2 nitrogen and oxygen atoms in total. The molecule has 2 rings (SSSR count). The second kappa shape index (κ2) is 4.14. The highest BCUT2D eigenvalue weighted by molar-refractivity contribution is 7.71. The Labute approximate surface area is 98.9 Å². The zero-order valence-electron chi connectivity index (χ0n) is 8.46. The number of halogens is 4. The van der Waals surface area contributed by atoms with Crippen molar-refractivity contribution in [2.45, 2.75) is 18.9 Å². The molecule has 17 heavy (non-hydrogen) atoms. The fourth-order valence-corrected chi connectivity index (χ4v) is 1.82. The van der Waals surface area contributed by atoms with E-state index in [0.29, 0.717) is 11.0 Å². The van der Waals surface area contributed by atoms with E-state index in [-0.39, 0.29) is 4.77 Å². The first kappa shape index (κ1) is 12.1. The van der Waals surface area contributed by atoms with Crippen LogP contribution >= 0.6 is 12.2 Å². The Morgan fingerprint density at radius 1 is 1.29 bits per heavy atom. The highest BCUT2D eigenvalue weighted by atomic mass is 32.1. The molecule has 2 aromatic rings. The van der Waals surface area contributed by atoms with Gasteiger partial charge < -0.3 is 9.55 Å². The minimum Gasteiger partial charge on any atom is -0.331 e. The Balaban J connectivity index is 2.49. The van der Waals surface area contributed by atoms with Crippen molar-refractivity contribution >= 4 is 23.3 Å². The topological polar surface area (TPSA) is 20.7 Å². The number of nitrogens with one attached hydrogen (secondary N) is 1. The van der Waals surface area contributed by atoms with E-state index in [1.54, 1.807) is 24.3 Å². The van der Waals surface area contributed by atoms with Gasteiger partial charge in [0.25, 0.3) is 0 Å². The zero-order chi connectivity index (χ0) is 12.6. The Bertz CT molecular complexity index is 587. The van der Waals surface area contributed by atoms with Crippen LogP contribution in [0, 0.1) is 4.77 Å². The maximum atomic E-state index is 13.0. The Kier molecular flexibility index (Phi) is 2.94. The van der Waals surface area contributed by atoms with Gasteiger partial charge in [0.15, 0.2) is 4.77 Å². The van der Waals surface area contributed by atoms with Gasteiger partial charge >= 0.3 is 12.3 Å². The van der Waals surface area contributed by atoms with Crippen LogP contribution in [0.1, 0.15) is 0 Å². The van der Waals surface area contributed by atoms with E-state index in [4.69, 9.17) is 12.2 Å². The lowest BCUT2D eigenvalue weighted by molar-refractivity contribution is -0.137. The first-order valence-electron chi connectivity index (χ1n) is 4.75. The smallest absolute Gasteiger partial charge is 0.324 e. The summed E-state index contributed by atoms with van der Waals surface area (Å²) in [6.07, 6.45) is -3.71. The predicted octanol–water partition coefficient (Wildman–Crippen LogP) is 3.60. The van der Waals surface area contributed by atoms with Crippen molar-refractivity contribution in [3.8, 4) is 0 Å². The van der Waals surface area contributed by atoms with Gasteiger partial charge in [-0.3, -0.25) is 0 Å². The van der Waals surface area contributed by atoms with Gasteiger partial charge in [0.2, 0.25) is 0 Å². The van der Waals surface area contributed by atoms with Crippen LogP contribution in [0.3, 0.4) is 0 Å². The maximum absolute atomic E-state index is 13.0. The second-order valence-corrected chi connectivity index (χ2v) is 3.98. The van der Waals surface area contributed by atoms with Crippen molar-refractivity contribution in [2.75, 3.05) is 0 Å². The van der Waals surface area contributed by atoms with E-state index in [1.807, 2.05) is 0 Å². The number of hydrogen-bond donors (Lipinski definition) is 1. The van der Waals surface area contributed by atoms with Gasteiger partial charge in [0.05, 0.1) is 17.6 Å². The average Bonchev–Trinajstić information content (AvgIpc) is 2.55. The zero-order valence-corrected chi connectivity index (χ0v) is 9.28. The molecule has 0 radical (unpaired) electrons. The molecule has 0 aliphatic carbocycles. The second-order valence-electron chi connectivity index (χ2n) is 3.60. The van der Waals surface area contributed by atoms with Gasteiger partial charge in [-0.2, -0.15) is 8.78 Å². The summed E-state index contributed by atoms with van der Waals surface area (Å²) < 4.78 is 51.2. The lowest BCUT2D eigenvalue weighted by Crippen LogP contribution is -2.32. The standard InChI is InChI=1S/C10H8F4N2S/c11-8(12)10(13,14)5-16-7-4-2-1-3-6(7)15-9(16)17/h1-4,8H,5H2,(H,15,17). The van der Waals surface area contributed by atoms with E-state index in [2.05, 4.69) is 4.98 Å². The van der Waals surface area contributed by atoms with Crippen molar-refractivity contribution < 1.29 is 17.6 Å². The number of rotatable bonds is 3. The first-order valence-corrected chi connectivity index (χ1v) is 5.16. The summed E-state index contributed by atoms with van der Waals surface area (Å²) in [4.78, 5) is 2.69.